The number of aromatic nitrogens is 3. The van der Waals surface area contributed by atoms with E-state index >= 15 is 0 Å². The molecule has 0 saturated heterocycles. The van der Waals surface area contributed by atoms with Gasteiger partial charge in [-0.25, -0.2) is 14.5 Å². The molecule has 0 aromatic carbocycles. The molecule has 1 N–H and O–H groups in total. The van der Waals surface area contributed by atoms with Gasteiger partial charge in [-0.2, -0.15) is 5.10 Å². The van der Waals surface area contributed by atoms with E-state index in [2.05, 4.69) is 10.1 Å². The van der Waals surface area contributed by atoms with E-state index in [0.29, 0.717) is 5.82 Å². The van der Waals surface area contributed by atoms with Gasteiger partial charge in [-0.1, -0.05) is 0 Å². The maximum atomic E-state index is 10.6. The van der Waals surface area contributed by atoms with Crippen LogP contribution in [0.15, 0.2) is 0 Å². The lowest BCUT2D eigenvalue weighted by molar-refractivity contribution is 0.0674. The highest BCUT2D eigenvalue weighted by Crippen LogP contribution is 2.06. The summed E-state index contributed by atoms with van der Waals surface area (Å²) in [6, 6.07) is 0.0253. The molecule has 5 heteroatoms. The molecule has 5 nitrogen and oxygen atoms in total. The Kier molecular flexibility index (Phi) is 2.12. The van der Waals surface area contributed by atoms with Crippen LogP contribution in [0.4, 0.5) is 0 Å². The minimum absolute atomic E-state index is 0.00231. The van der Waals surface area contributed by atoms with E-state index in [0.717, 1.165) is 0 Å². The second kappa shape index (κ2) is 2.92. The molecule has 0 unspecified atom stereocenters. The summed E-state index contributed by atoms with van der Waals surface area (Å²) in [5, 5.41) is 12.7. The maximum Gasteiger partial charge on any atom is 0.373 e. The molecule has 0 spiro atoms. The molecule has 1 aromatic rings. The second-order valence-corrected chi connectivity index (χ2v) is 2.83. The number of rotatable bonds is 2. The summed E-state index contributed by atoms with van der Waals surface area (Å²) in [7, 11) is 0. The van der Waals surface area contributed by atoms with Crippen LogP contribution in [0, 0.1) is 6.92 Å². The highest BCUT2D eigenvalue weighted by atomic mass is 16.4. The number of carbonyl (C=O) groups is 1. The molecule has 1 aromatic heterocycles. The third kappa shape index (κ3) is 1.44. The predicted octanol–water partition coefficient (Wildman–Crippen LogP) is 0.866. The van der Waals surface area contributed by atoms with Crippen LogP contribution in [0.3, 0.4) is 0 Å². The molecular formula is C7H11N3O2. The van der Waals surface area contributed by atoms with Gasteiger partial charge in [0, 0.05) is 6.04 Å². The number of nitrogens with zero attached hydrogens (tertiary/aromatic N) is 3. The molecule has 0 bridgehead atoms. The highest BCUT2D eigenvalue weighted by Gasteiger charge is 2.15. The molecule has 1 heterocycles. The summed E-state index contributed by atoms with van der Waals surface area (Å²) in [6.07, 6.45) is 0. The summed E-state index contributed by atoms with van der Waals surface area (Å²) in [5.74, 6) is -0.548. The Labute approximate surface area is 70.0 Å². The third-order valence-corrected chi connectivity index (χ3v) is 1.42. The fourth-order valence-corrected chi connectivity index (χ4v) is 0.936. The molecular weight excluding hydrogens is 158 g/mol. The maximum absolute atomic E-state index is 10.6. The van der Waals surface area contributed by atoms with Crippen LogP contribution in [0.2, 0.25) is 0 Å². The first-order valence-corrected chi connectivity index (χ1v) is 3.69. The zero-order valence-corrected chi connectivity index (χ0v) is 7.27. The van der Waals surface area contributed by atoms with Crippen molar-refractivity contribution in [2.24, 2.45) is 0 Å². The number of carboxylic acids is 1. The van der Waals surface area contributed by atoms with E-state index in [1.807, 2.05) is 13.8 Å². The molecule has 0 amide bonds. The molecule has 66 valence electrons. The lowest BCUT2D eigenvalue weighted by Crippen LogP contribution is -2.12. The summed E-state index contributed by atoms with van der Waals surface area (Å²) in [6.45, 7) is 5.40. The van der Waals surface area contributed by atoms with Crippen molar-refractivity contribution in [2.45, 2.75) is 26.8 Å². The van der Waals surface area contributed by atoms with E-state index in [9.17, 15) is 4.79 Å². The van der Waals surface area contributed by atoms with Gasteiger partial charge in [-0.15, -0.1) is 0 Å². The minimum atomic E-state index is -1.04. The van der Waals surface area contributed by atoms with Crippen LogP contribution >= 0.6 is 0 Å². The van der Waals surface area contributed by atoms with Crippen molar-refractivity contribution in [3.05, 3.63) is 11.6 Å². The lowest BCUT2D eigenvalue weighted by Gasteiger charge is -2.05. The molecule has 12 heavy (non-hydrogen) atoms. The number of hydrogen-bond acceptors (Lipinski definition) is 3. The van der Waals surface area contributed by atoms with Crippen molar-refractivity contribution in [3.63, 3.8) is 0 Å². The van der Waals surface area contributed by atoms with Crippen LogP contribution in [0.1, 0.15) is 36.3 Å². The lowest BCUT2D eigenvalue weighted by atomic mass is 10.4. The summed E-state index contributed by atoms with van der Waals surface area (Å²) in [4.78, 5) is 14.4. The topological polar surface area (TPSA) is 68.0 Å². The van der Waals surface area contributed by atoms with Crippen molar-refractivity contribution < 1.29 is 9.90 Å². The number of aromatic carboxylic acids is 1. The Bertz CT molecular complexity index is 304. The Morgan fingerprint density at radius 1 is 1.58 bits per heavy atom. The van der Waals surface area contributed by atoms with Gasteiger partial charge in [0.15, 0.2) is 0 Å². The first-order chi connectivity index (χ1) is 5.52. The first-order valence-electron chi connectivity index (χ1n) is 3.69. The Morgan fingerprint density at radius 3 is 2.50 bits per heavy atom. The summed E-state index contributed by atoms with van der Waals surface area (Å²) in [5.41, 5.74) is 0. The second-order valence-electron chi connectivity index (χ2n) is 2.83. The fourth-order valence-electron chi connectivity index (χ4n) is 0.936. The normalized spacial score (nSPS) is 10.7. The van der Waals surface area contributed by atoms with Gasteiger partial charge in [0.1, 0.15) is 5.82 Å². The number of aryl methyl sites for hydroxylation is 1. The van der Waals surface area contributed by atoms with E-state index in [1.54, 1.807) is 6.92 Å². The summed E-state index contributed by atoms with van der Waals surface area (Å²) >= 11 is 0. The fraction of sp³-hybridized carbons (Fsp3) is 0.571. The van der Waals surface area contributed by atoms with E-state index in [-0.39, 0.29) is 11.9 Å². The molecule has 0 aliphatic carbocycles. The Morgan fingerprint density at radius 2 is 2.17 bits per heavy atom. The van der Waals surface area contributed by atoms with Crippen LogP contribution in [-0.2, 0) is 0 Å². The van der Waals surface area contributed by atoms with Crippen LogP contribution in [-0.4, -0.2) is 25.8 Å². The van der Waals surface area contributed by atoms with Crippen molar-refractivity contribution >= 4 is 5.97 Å². The molecule has 0 radical (unpaired) electrons. The number of carboxylic acid groups (broad SMARTS) is 1. The molecule has 1 rings (SSSR count). The van der Waals surface area contributed by atoms with Crippen molar-refractivity contribution in [1.29, 1.82) is 0 Å². The monoisotopic (exact) mass is 169 g/mol. The molecule has 0 aliphatic heterocycles. The van der Waals surface area contributed by atoms with Gasteiger partial charge in [-0.3, -0.25) is 0 Å². The Hall–Kier alpha value is -1.39. The van der Waals surface area contributed by atoms with Crippen molar-refractivity contribution in [3.8, 4) is 0 Å². The molecule has 0 aliphatic rings. The SMILES string of the molecule is Cc1nc(C(=O)O)n(C(C)C)n1. The van der Waals surface area contributed by atoms with Gasteiger partial charge in [0.2, 0.25) is 5.82 Å². The quantitative estimate of drug-likeness (QED) is 0.713. The highest BCUT2D eigenvalue weighted by molar-refractivity contribution is 5.83. The minimum Gasteiger partial charge on any atom is -0.475 e. The molecule has 0 atom stereocenters. The van der Waals surface area contributed by atoms with Crippen LogP contribution < -0.4 is 0 Å². The van der Waals surface area contributed by atoms with Crippen molar-refractivity contribution in [2.75, 3.05) is 0 Å². The smallest absolute Gasteiger partial charge is 0.373 e. The van der Waals surface area contributed by atoms with Crippen LogP contribution in [0.25, 0.3) is 0 Å². The van der Waals surface area contributed by atoms with Crippen LogP contribution in [0.5, 0.6) is 0 Å². The molecule has 0 saturated carbocycles. The third-order valence-electron chi connectivity index (χ3n) is 1.42. The Balaban J connectivity index is 3.17. The first kappa shape index (κ1) is 8.70. The standard InChI is InChI=1S/C7H11N3O2/c1-4(2)10-6(7(11)12)8-5(3)9-10/h4H,1-3H3,(H,11,12). The van der Waals surface area contributed by atoms with E-state index in [1.165, 1.54) is 4.68 Å². The van der Waals surface area contributed by atoms with Gasteiger partial charge in [-0.05, 0) is 20.8 Å². The van der Waals surface area contributed by atoms with Gasteiger partial charge in [0.05, 0.1) is 0 Å². The van der Waals surface area contributed by atoms with Gasteiger partial charge in [0.25, 0.3) is 0 Å². The summed E-state index contributed by atoms with van der Waals surface area (Å²) < 4.78 is 1.40. The average molecular weight is 169 g/mol. The van der Waals surface area contributed by atoms with Crippen molar-refractivity contribution in [1.82, 2.24) is 14.8 Å². The van der Waals surface area contributed by atoms with E-state index < -0.39 is 5.97 Å². The van der Waals surface area contributed by atoms with Gasteiger partial charge < -0.3 is 5.11 Å². The zero-order chi connectivity index (χ0) is 9.30. The predicted molar refractivity (Wildman–Crippen MR) is 42.1 cm³/mol. The largest absolute Gasteiger partial charge is 0.475 e. The van der Waals surface area contributed by atoms with E-state index in [4.69, 9.17) is 5.11 Å². The number of hydrogen-bond donors (Lipinski definition) is 1. The zero-order valence-electron chi connectivity index (χ0n) is 7.27. The van der Waals surface area contributed by atoms with Gasteiger partial charge >= 0.3 is 5.97 Å². The molecule has 0 fully saturated rings. The average Bonchev–Trinajstić information content (AvgIpc) is 2.31.